The van der Waals surface area contributed by atoms with Crippen LogP contribution in [0.5, 0.6) is 11.5 Å². The van der Waals surface area contributed by atoms with Gasteiger partial charge in [0.1, 0.15) is 16.4 Å². The summed E-state index contributed by atoms with van der Waals surface area (Å²) in [5, 5.41) is 4.23. The topological polar surface area (TPSA) is 47.6 Å². The molecule has 0 aliphatic rings. The standard InChI is InChI=1S/C18H16ClNO3S/c1-22-12-5-3-11(4-6-12)10-20-18(21)17-16(19)14-8-7-13(23-2)9-15(14)24-17/h3-9H,10H2,1-2H3,(H,20,21). The molecule has 3 rings (SSSR count). The first-order chi connectivity index (χ1) is 11.6. The molecular formula is C18H16ClNO3S. The summed E-state index contributed by atoms with van der Waals surface area (Å²) >= 11 is 7.72. The van der Waals surface area contributed by atoms with Crippen LogP contribution in [0.25, 0.3) is 10.1 Å². The molecule has 0 radical (unpaired) electrons. The van der Waals surface area contributed by atoms with Crippen molar-refractivity contribution >= 4 is 38.9 Å². The molecule has 1 N–H and O–H groups in total. The number of hydrogen-bond donors (Lipinski definition) is 1. The van der Waals surface area contributed by atoms with Crippen molar-refractivity contribution in [1.82, 2.24) is 5.32 Å². The van der Waals surface area contributed by atoms with Crippen molar-refractivity contribution in [2.24, 2.45) is 0 Å². The summed E-state index contributed by atoms with van der Waals surface area (Å²) in [6.45, 7) is 0.427. The molecule has 3 aromatic rings. The highest BCUT2D eigenvalue weighted by atomic mass is 35.5. The van der Waals surface area contributed by atoms with E-state index in [0.29, 0.717) is 16.4 Å². The highest BCUT2D eigenvalue weighted by molar-refractivity contribution is 7.21. The second-order valence-electron chi connectivity index (χ2n) is 5.14. The van der Waals surface area contributed by atoms with E-state index >= 15 is 0 Å². The van der Waals surface area contributed by atoms with Crippen LogP contribution in [0.3, 0.4) is 0 Å². The summed E-state index contributed by atoms with van der Waals surface area (Å²) in [4.78, 5) is 13.0. The third-order valence-electron chi connectivity index (χ3n) is 3.65. The molecule has 1 heterocycles. The van der Waals surface area contributed by atoms with Gasteiger partial charge in [0.15, 0.2) is 0 Å². The average Bonchev–Trinajstić information content (AvgIpc) is 2.96. The Morgan fingerprint density at radius 3 is 2.42 bits per heavy atom. The van der Waals surface area contributed by atoms with Crippen LogP contribution in [0.1, 0.15) is 15.2 Å². The molecule has 124 valence electrons. The van der Waals surface area contributed by atoms with Crippen molar-refractivity contribution < 1.29 is 14.3 Å². The van der Waals surface area contributed by atoms with Gasteiger partial charge in [-0.25, -0.2) is 0 Å². The Labute approximate surface area is 149 Å². The van der Waals surface area contributed by atoms with E-state index < -0.39 is 0 Å². The van der Waals surface area contributed by atoms with Crippen LogP contribution in [0.4, 0.5) is 0 Å². The molecule has 1 aromatic heterocycles. The molecular weight excluding hydrogens is 346 g/mol. The molecule has 0 atom stereocenters. The Bertz CT molecular complexity index is 874. The zero-order chi connectivity index (χ0) is 17.1. The van der Waals surface area contributed by atoms with Gasteiger partial charge in [-0.15, -0.1) is 11.3 Å². The van der Waals surface area contributed by atoms with E-state index in [0.717, 1.165) is 27.1 Å². The van der Waals surface area contributed by atoms with E-state index in [-0.39, 0.29) is 5.91 Å². The third kappa shape index (κ3) is 3.32. The number of nitrogens with one attached hydrogen (secondary N) is 1. The third-order valence-corrected chi connectivity index (χ3v) is 5.31. The van der Waals surface area contributed by atoms with Crippen LogP contribution < -0.4 is 14.8 Å². The zero-order valence-electron chi connectivity index (χ0n) is 13.3. The van der Waals surface area contributed by atoms with Gasteiger partial charge in [0.25, 0.3) is 5.91 Å². The molecule has 0 unspecified atom stereocenters. The van der Waals surface area contributed by atoms with Crippen LogP contribution in [0.15, 0.2) is 42.5 Å². The Morgan fingerprint density at radius 2 is 1.75 bits per heavy atom. The fourth-order valence-electron chi connectivity index (χ4n) is 2.32. The van der Waals surface area contributed by atoms with E-state index in [1.807, 2.05) is 42.5 Å². The van der Waals surface area contributed by atoms with Gasteiger partial charge in [-0.05, 0) is 35.9 Å². The smallest absolute Gasteiger partial charge is 0.263 e. The Balaban J connectivity index is 1.76. The van der Waals surface area contributed by atoms with Crippen molar-refractivity contribution in [3.63, 3.8) is 0 Å². The normalized spacial score (nSPS) is 10.6. The van der Waals surface area contributed by atoms with Gasteiger partial charge in [0.2, 0.25) is 0 Å². The number of fused-ring (bicyclic) bond motifs is 1. The molecule has 6 heteroatoms. The zero-order valence-corrected chi connectivity index (χ0v) is 14.8. The molecule has 0 aliphatic heterocycles. The molecule has 0 bridgehead atoms. The van der Waals surface area contributed by atoms with Gasteiger partial charge < -0.3 is 14.8 Å². The van der Waals surface area contributed by atoms with E-state index in [4.69, 9.17) is 21.1 Å². The summed E-state index contributed by atoms with van der Waals surface area (Å²) in [6.07, 6.45) is 0. The van der Waals surface area contributed by atoms with Gasteiger partial charge in [0.05, 0.1) is 19.2 Å². The summed E-state index contributed by atoms with van der Waals surface area (Å²) in [7, 11) is 3.23. The molecule has 0 aliphatic carbocycles. The van der Waals surface area contributed by atoms with Crippen molar-refractivity contribution in [2.45, 2.75) is 6.54 Å². The van der Waals surface area contributed by atoms with Crippen LogP contribution in [0.2, 0.25) is 5.02 Å². The Kier molecular flexibility index (Phi) is 4.92. The summed E-state index contributed by atoms with van der Waals surface area (Å²) in [5.74, 6) is 1.34. The van der Waals surface area contributed by atoms with E-state index in [9.17, 15) is 4.79 Å². The number of methoxy groups -OCH3 is 2. The van der Waals surface area contributed by atoms with Crippen molar-refractivity contribution in [1.29, 1.82) is 0 Å². The minimum absolute atomic E-state index is 0.184. The van der Waals surface area contributed by atoms with Gasteiger partial charge in [0, 0.05) is 16.6 Å². The van der Waals surface area contributed by atoms with E-state index in [2.05, 4.69) is 5.32 Å². The van der Waals surface area contributed by atoms with Crippen molar-refractivity contribution in [3.8, 4) is 11.5 Å². The number of ether oxygens (including phenoxy) is 2. The minimum Gasteiger partial charge on any atom is -0.497 e. The fraction of sp³-hybridized carbons (Fsp3) is 0.167. The quantitative estimate of drug-likeness (QED) is 0.727. The second kappa shape index (κ2) is 7.11. The molecule has 2 aromatic carbocycles. The maximum Gasteiger partial charge on any atom is 0.263 e. The van der Waals surface area contributed by atoms with Crippen molar-refractivity contribution in [3.05, 3.63) is 57.9 Å². The summed E-state index contributed by atoms with van der Waals surface area (Å²) in [5.41, 5.74) is 0.989. The molecule has 0 spiro atoms. The largest absolute Gasteiger partial charge is 0.497 e. The molecule has 0 fully saturated rings. The number of carbonyl (C=O) groups excluding carboxylic acids is 1. The highest BCUT2D eigenvalue weighted by Crippen LogP contribution is 2.37. The first-order valence-electron chi connectivity index (χ1n) is 7.29. The average molecular weight is 362 g/mol. The van der Waals surface area contributed by atoms with Gasteiger partial charge in [-0.3, -0.25) is 4.79 Å². The minimum atomic E-state index is -0.184. The van der Waals surface area contributed by atoms with Crippen molar-refractivity contribution in [2.75, 3.05) is 14.2 Å². The number of amides is 1. The lowest BCUT2D eigenvalue weighted by Gasteiger charge is -2.05. The van der Waals surface area contributed by atoms with E-state index in [1.54, 1.807) is 14.2 Å². The predicted octanol–water partition coefficient (Wildman–Crippen LogP) is 4.50. The second-order valence-corrected chi connectivity index (χ2v) is 6.57. The van der Waals surface area contributed by atoms with Gasteiger partial charge in [-0.1, -0.05) is 23.7 Å². The molecule has 24 heavy (non-hydrogen) atoms. The molecule has 1 amide bonds. The maximum absolute atomic E-state index is 12.4. The summed E-state index contributed by atoms with van der Waals surface area (Å²) < 4.78 is 11.3. The van der Waals surface area contributed by atoms with Gasteiger partial charge >= 0.3 is 0 Å². The lowest BCUT2D eigenvalue weighted by atomic mass is 10.2. The number of rotatable bonds is 5. The number of thiophene rings is 1. The molecule has 0 saturated heterocycles. The van der Waals surface area contributed by atoms with E-state index in [1.165, 1.54) is 11.3 Å². The Morgan fingerprint density at radius 1 is 1.08 bits per heavy atom. The molecule has 0 saturated carbocycles. The van der Waals surface area contributed by atoms with Gasteiger partial charge in [-0.2, -0.15) is 0 Å². The number of hydrogen-bond acceptors (Lipinski definition) is 4. The lowest BCUT2D eigenvalue weighted by molar-refractivity contribution is 0.0955. The van der Waals surface area contributed by atoms with Crippen LogP contribution >= 0.6 is 22.9 Å². The van der Waals surface area contributed by atoms with Crippen LogP contribution in [-0.4, -0.2) is 20.1 Å². The lowest BCUT2D eigenvalue weighted by Crippen LogP contribution is -2.22. The number of benzene rings is 2. The Hall–Kier alpha value is -2.24. The first-order valence-corrected chi connectivity index (χ1v) is 8.49. The van der Waals surface area contributed by atoms with Crippen LogP contribution in [-0.2, 0) is 6.54 Å². The first kappa shape index (κ1) is 16.6. The summed E-state index contributed by atoms with van der Waals surface area (Å²) in [6, 6.07) is 13.1. The van der Waals surface area contributed by atoms with Crippen LogP contribution in [0, 0.1) is 0 Å². The molecule has 4 nitrogen and oxygen atoms in total. The predicted molar refractivity (Wildman–Crippen MR) is 97.6 cm³/mol. The number of carbonyl (C=O) groups is 1. The number of halogens is 1. The fourth-order valence-corrected chi connectivity index (χ4v) is 3.79. The monoisotopic (exact) mass is 361 g/mol. The highest BCUT2D eigenvalue weighted by Gasteiger charge is 2.17. The SMILES string of the molecule is COc1ccc(CNC(=O)c2sc3cc(OC)ccc3c2Cl)cc1. The maximum atomic E-state index is 12.4.